The van der Waals surface area contributed by atoms with E-state index in [1.165, 1.54) is 0 Å². The lowest BCUT2D eigenvalue weighted by molar-refractivity contribution is -0.156. The third-order valence-electron chi connectivity index (χ3n) is 9.68. The molecule has 4 rings (SSSR count). The quantitative estimate of drug-likeness (QED) is 0.101. The van der Waals surface area contributed by atoms with Crippen molar-refractivity contribution in [2.24, 2.45) is 35.5 Å². The molecule has 0 amide bonds. The summed E-state index contributed by atoms with van der Waals surface area (Å²) < 4.78 is 21.6. The fourth-order valence-corrected chi connectivity index (χ4v) is 8.56. The van der Waals surface area contributed by atoms with Gasteiger partial charge in [0.1, 0.15) is 11.1 Å². The second kappa shape index (κ2) is 16.8. The van der Waals surface area contributed by atoms with Crippen LogP contribution in [-0.4, -0.2) is 37.1 Å². The van der Waals surface area contributed by atoms with Crippen molar-refractivity contribution in [2.45, 2.75) is 66.2 Å². The molecule has 0 heterocycles. The minimum absolute atomic E-state index is 0.102. The molecule has 0 radical (unpaired) electrons. The summed E-state index contributed by atoms with van der Waals surface area (Å²) in [5, 5.41) is -1.43. The molecule has 2 aliphatic carbocycles. The van der Waals surface area contributed by atoms with E-state index in [-0.39, 0.29) is 55.2 Å². The smallest absolute Gasteiger partial charge is 0.423 e. The Morgan fingerprint density at radius 1 is 0.604 bits per heavy atom. The van der Waals surface area contributed by atoms with Crippen molar-refractivity contribution < 1.29 is 38.1 Å². The van der Waals surface area contributed by atoms with Crippen LogP contribution in [0.3, 0.4) is 0 Å². The number of carbonyl (C=O) groups excluding carboxylic acids is 4. The lowest BCUT2D eigenvalue weighted by Gasteiger charge is -2.22. The molecule has 0 bridgehead atoms. The monoisotopic (exact) mass is 782 g/mol. The highest BCUT2D eigenvalue weighted by atomic mass is 35.5. The zero-order valence-corrected chi connectivity index (χ0v) is 31.3. The molecular formula is C34H36Cl6O8. The fourth-order valence-electron chi connectivity index (χ4n) is 7.12. The van der Waals surface area contributed by atoms with E-state index in [4.69, 9.17) is 88.6 Å². The average Bonchev–Trinajstić information content (AvgIpc) is 3.59. The Labute approximate surface area is 309 Å². The van der Waals surface area contributed by atoms with Gasteiger partial charge in [0.2, 0.25) is 0 Å². The van der Waals surface area contributed by atoms with Gasteiger partial charge in [0.25, 0.3) is 0 Å². The number of rotatable bonds is 10. The van der Waals surface area contributed by atoms with Gasteiger partial charge >= 0.3 is 23.9 Å². The molecule has 0 aliphatic heterocycles. The molecule has 14 heteroatoms. The van der Waals surface area contributed by atoms with Crippen LogP contribution in [0.15, 0.2) is 12.1 Å². The third kappa shape index (κ3) is 8.50. The van der Waals surface area contributed by atoms with Gasteiger partial charge in [0.05, 0.1) is 43.3 Å². The molecule has 2 aromatic carbocycles. The maximum absolute atomic E-state index is 13.3. The summed E-state index contributed by atoms with van der Waals surface area (Å²) in [6.45, 7) is 8.70. The van der Waals surface area contributed by atoms with E-state index in [2.05, 4.69) is 27.7 Å². The maximum Gasteiger partial charge on any atom is 0.423 e. The molecule has 6 atom stereocenters. The van der Waals surface area contributed by atoms with Gasteiger partial charge in [-0.1, -0.05) is 123 Å². The summed E-state index contributed by atoms with van der Waals surface area (Å²) in [5.41, 5.74) is -0.893. The normalized spacial score (nSPS) is 23.5. The van der Waals surface area contributed by atoms with Gasteiger partial charge in [-0.3, -0.25) is 0 Å². The summed E-state index contributed by atoms with van der Waals surface area (Å²) in [7, 11) is 0. The first kappa shape index (κ1) is 38.9. The third-order valence-corrected chi connectivity index (χ3v) is 11.8. The number of esters is 4. The van der Waals surface area contributed by atoms with E-state index < -0.39 is 46.5 Å². The van der Waals surface area contributed by atoms with Crippen LogP contribution in [0, 0.1) is 35.5 Å². The van der Waals surface area contributed by atoms with E-state index in [9.17, 15) is 19.2 Å². The lowest BCUT2D eigenvalue weighted by atomic mass is 9.89. The van der Waals surface area contributed by atoms with Crippen molar-refractivity contribution in [1.82, 2.24) is 0 Å². The molecule has 0 saturated heterocycles. The topological polar surface area (TPSA) is 105 Å². The van der Waals surface area contributed by atoms with E-state index >= 15 is 0 Å². The van der Waals surface area contributed by atoms with Crippen molar-refractivity contribution in [1.29, 1.82) is 0 Å². The number of hydrogen-bond donors (Lipinski definition) is 0. The van der Waals surface area contributed by atoms with Crippen molar-refractivity contribution in [2.75, 3.05) is 13.2 Å². The first-order chi connectivity index (χ1) is 22.7. The molecule has 2 aliphatic rings. The summed E-state index contributed by atoms with van der Waals surface area (Å²) in [5.74, 6) is -4.31. The van der Waals surface area contributed by atoms with Gasteiger partial charge in [-0.25, -0.2) is 19.2 Å². The molecular weight excluding hydrogens is 749 g/mol. The number of ether oxygens (including phenoxy) is 4. The van der Waals surface area contributed by atoms with Gasteiger partial charge in [-0.05, 0) is 60.5 Å². The minimum Gasteiger partial charge on any atom is -0.462 e. The van der Waals surface area contributed by atoms with Crippen LogP contribution >= 0.6 is 69.6 Å². The van der Waals surface area contributed by atoms with Crippen molar-refractivity contribution >= 4 is 93.5 Å². The lowest BCUT2D eigenvalue weighted by Crippen LogP contribution is -2.28. The van der Waals surface area contributed by atoms with Crippen LogP contribution in [0.5, 0.6) is 11.5 Å². The SMILES string of the molecule is CCC1C(C)CCC1COC(=O)c1c(Cl)c(Cl)cc(Cl)c1OC(=O)C(=O)Oc1c(Cl)cc(Cl)c(Cl)c1C(=O)OCC1CCC(C)C1CC. The first-order valence-corrected chi connectivity index (χ1v) is 18.1. The van der Waals surface area contributed by atoms with Crippen molar-refractivity contribution in [3.05, 3.63) is 53.4 Å². The number of carbonyl (C=O) groups is 4. The molecule has 48 heavy (non-hydrogen) atoms. The number of halogens is 6. The molecule has 6 unspecified atom stereocenters. The standard InChI is InChI=1S/C34H36Cl6O8/c1-5-19-15(3)7-9-17(19)13-45-31(41)25-27(39)21(35)11-23(37)29(25)47-33(43)34(44)48-30-24(38)12-22(36)28(40)26(30)32(42)46-14-18-10-8-16(4)20(18)6-2/h11-12,15-20H,5-10,13-14H2,1-4H3. The molecule has 2 fully saturated rings. The summed E-state index contributed by atoms with van der Waals surface area (Å²) in [6.07, 6.45) is 5.65. The van der Waals surface area contributed by atoms with Gasteiger partial charge in [-0.2, -0.15) is 0 Å². The Balaban J connectivity index is 1.54. The highest BCUT2D eigenvalue weighted by Crippen LogP contribution is 2.44. The maximum atomic E-state index is 13.3. The van der Waals surface area contributed by atoms with Crippen molar-refractivity contribution in [3.8, 4) is 11.5 Å². The van der Waals surface area contributed by atoms with Crippen LogP contribution in [0.2, 0.25) is 30.1 Å². The van der Waals surface area contributed by atoms with Gasteiger partial charge in [0.15, 0.2) is 11.5 Å². The summed E-state index contributed by atoms with van der Waals surface area (Å²) >= 11 is 37.7. The Morgan fingerprint density at radius 3 is 1.29 bits per heavy atom. The van der Waals surface area contributed by atoms with Crippen molar-refractivity contribution in [3.63, 3.8) is 0 Å². The van der Waals surface area contributed by atoms with Gasteiger partial charge in [-0.15, -0.1) is 0 Å². The molecule has 0 N–H and O–H groups in total. The summed E-state index contributed by atoms with van der Waals surface area (Å²) in [4.78, 5) is 52.7. The number of benzene rings is 2. The highest BCUT2D eigenvalue weighted by Gasteiger charge is 2.36. The Hall–Kier alpha value is -1.94. The second-order valence-electron chi connectivity index (χ2n) is 12.5. The fraction of sp³-hybridized carbons (Fsp3) is 0.529. The van der Waals surface area contributed by atoms with Gasteiger partial charge in [0, 0.05) is 0 Å². The Kier molecular flexibility index (Phi) is 13.6. The molecule has 2 aromatic rings. The van der Waals surface area contributed by atoms with Crippen LogP contribution in [0.4, 0.5) is 0 Å². The van der Waals surface area contributed by atoms with E-state index in [1.54, 1.807) is 0 Å². The summed E-state index contributed by atoms with van der Waals surface area (Å²) in [6, 6.07) is 2.28. The largest absolute Gasteiger partial charge is 0.462 e. The predicted molar refractivity (Wildman–Crippen MR) is 186 cm³/mol. The zero-order chi connectivity index (χ0) is 35.4. The molecule has 8 nitrogen and oxygen atoms in total. The van der Waals surface area contributed by atoms with Gasteiger partial charge < -0.3 is 18.9 Å². The molecule has 2 saturated carbocycles. The second-order valence-corrected chi connectivity index (χ2v) is 14.9. The molecule has 0 aromatic heterocycles. The number of hydrogen-bond acceptors (Lipinski definition) is 8. The molecule has 262 valence electrons. The minimum atomic E-state index is -1.63. The van der Waals surface area contributed by atoms with E-state index in [0.717, 1.165) is 50.7 Å². The zero-order valence-electron chi connectivity index (χ0n) is 26.8. The first-order valence-electron chi connectivity index (χ1n) is 15.8. The van der Waals surface area contributed by atoms with Crippen LogP contribution in [-0.2, 0) is 19.1 Å². The average molecular weight is 785 g/mol. The Morgan fingerprint density at radius 2 is 0.958 bits per heavy atom. The van der Waals surface area contributed by atoms with Crippen LogP contribution < -0.4 is 9.47 Å². The molecule has 0 spiro atoms. The Bertz CT molecular complexity index is 1460. The van der Waals surface area contributed by atoms with E-state index in [0.29, 0.717) is 23.7 Å². The van der Waals surface area contributed by atoms with E-state index in [1.807, 2.05) is 0 Å². The predicted octanol–water partition coefficient (Wildman–Crippen LogP) is 10.6. The highest BCUT2D eigenvalue weighted by molar-refractivity contribution is 6.47. The van der Waals surface area contributed by atoms with Crippen LogP contribution in [0.1, 0.15) is 86.9 Å². The van der Waals surface area contributed by atoms with Crippen LogP contribution in [0.25, 0.3) is 0 Å².